The van der Waals surface area contributed by atoms with E-state index in [9.17, 15) is 0 Å². The number of pyridine rings is 1. The van der Waals surface area contributed by atoms with Crippen molar-refractivity contribution in [2.24, 2.45) is 0 Å². The molecule has 0 bridgehead atoms. The average molecular weight is 182 g/mol. The second-order valence-corrected chi connectivity index (χ2v) is 2.06. The quantitative estimate of drug-likeness (QED) is 0.368. The molecule has 0 atom stereocenters. The van der Waals surface area contributed by atoms with Crippen LogP contribution in [0.2, 0.25) is 10.3 Å². The summed E-state index contributed by atoms with van der Waals surface area (Å²) in [5.41, 5.74) is 0. The Bertz CT molecular complexity index is 178. The minimum atomic E-state index is 0.428. The SMILES string of the molecule is Clc1cccc(Cl)n1.OO. The van der Waals surface area contributed by atoms with Gasteiger partial charge in [-0.25, -0.2) is 4.98 Å². The van der Waals surface area contributed by atoms with Crippen LogP contribution < -0.4 is 0 Å². The van der Waals surface area contributed by atoms with E-state index in [1.165, 1.54) is 0 Å². The van der Waals surface area contributed by atoms with Crippen LogP contribution in [0.25, 0.3) is 0 Å². The molecular weight excluding hydrogens is 177 g/mol. The molecule has 0 aliphatic heterocycles. The minimum absolute atomic E-state index is 0.428. The van der Waals surface area contributed by atoms with Crippen LogP contribution in [0.3, 0.4) is 0 Å². The molecule has 0 aromatic carbocycles. The Balaban J connectivity index is 0.000000371. The number of rotatable bonds is 0. The first-order valence-electron chi connectivity index (χ1n) is 2.27. The van der Waals surface area contributed by atoms with Crippen molar-refractivity contribution in [3.8, 4) is 0 Å². The summed E-state index contributed by atoms with van der Waals surface area (Å²) in [5.74, 6) is 0. The molecule has 0 saturated carbocycles. The third-order valence-electron chi connectivity index (χ3n) is 0.681. The number of aromatic nitrogens is 1. The van der Waals surface area contributed by atoms with E-state index in [2.05, 4.69) is 4.98 Å². The van der Waals surface area contributed by atoms with E-state index in [-0.39, 0.29) is 0 Å². The van der Waals surface area contributed by atoms with Crippen molar-refractivity contribution in [1.29, 1.82) is 0 Å². The fourth-order valence-corrected chi connectivity index (χ4v) is 0.754. The highest BCUT2D eigenvalue weighted by Gasteiger charge is 1.86. The number of nitrogens with zero attached hydrogens (tertiary/aromatic N) is 1. The van der Waals surface area contributed by atoms with Gasteiger partial charge in [0.2, 0.25) is 0 Å². The molecule has 3 nitrogen and oxygen atoms in total. The topological polar surface area (TPSA) is 53.4 Å². The van der Waals surface area contributed by atoms with Gasteiger partial charge in [-0.1, -0.05) is 29.3 Å². The molecule has 1 aromatic rings. The fourth-order valence-electron chi connectivity index (χ4n) is 0.383. The number of hydrogen-bond donors (Lipinski definition) is 2. The Morgan fingerprint density at radius 2 is 1.50 bits per heavy atom. The van der Waals surface area contributed by atoms with Crippen LogP contribution in [0.15, 0.2) is 18.2 Å². The lowest BCUT2D eigenvalue weighted by atomic mass is 10.5. The molecule has 0 spiro atoms. The highest BCUT2D eigenvalue weighted by atomic mass is 35.5. The Morgan fingerprint density at radius 1 is 1.10 bits per heavy atom. The van der Waals surface area contributed by atoms with Crippen LogP contribution in [0.1, 0.15) is 0 Å². The Kier molecular flexibility index (Phi) is 5.25. The van der Waals surface area contributed by atoms with Gasteiger partial charge in [0.1, 0.15) is 10.3 Å². The van der Waals surface area contributed by atoms with Crippen LogP contribution in [0, 0.1) is 0 Å². The highest BCUT2D eigenvalue weighted by Crippen LogP contribution is 2.08. The minimum Gasteiger partial charge on any atom is -0.255 e. The van der Waals surface area contributed by atoms with Gasteiger partial charge in [0.15, 0.2) is 0 Å². The number of halogens is 2. The van der Waals surface area contributed by atoms with Crippen molar-refractivity contribution < 1.29 is 10.5 Å². The van der Waals surface area contributed by atoms with Crippen molar-refractivity contribution in [2.75, 3.05) is 0 Å². The first kappa shape index (κ1) is 9.65. The van der Waals surface area contributed by atoms with Crippen LogP contribution in [0.4, 0.5) is 0 Å². The van der Waals surface area contributed by atoms with E-state index in [1.807, 2.05) is 0 Å². The third-order valence-corrected chi connectivity index (χ3v) is 1.10. The van der Waals surface area contributed by atoms with E-state index in [1.54, 1.807) is 18.2 Å². The van der Waals surface area contributed by atoms with Crippen molar-refractivity contribution in [3.05, 3.63) is 28.5 Å². The van der Waals surface area contributed by atoms with Gasteiger partial charge in [-0.15, -0.1) is 0 Å². The summed E-state index contributed by atoms with van der Waals surface area (Å²) < 4.78 is 0. The summed E-state index contributed by atoms with van der Waals surface area (Å²) in [6, 6.07) is 5.10. The maximum absolute atomic E-state index is 6.00. The predicted molar refractivity (Wildman–Crippen MR) is 39.5 cm³/mol. The van der Waals surface area contributed by atoms with Crippen molar-refractivity contribution >= 4 is 23.2 Å². The molecule has 1 heterocycles. The summed E-state index contributed by atoms with van der Waals surface area (Å²) in [6.07, 6.45) is 0. The standard InChI is InChI=1S/C5H3Cl2N.H2O2/c6-4-2-1-3-5(7)8-4;1-2/h1-3H;1-2H. The molecule has 0 radical (unpaired) electrons. The molecule has 2 N–H and O–H groups in total. The van der Waals surface area contributed by atoms with Crippen molar-refractivity contribution in [3.63, 3.8) is 0 Å². The summed E-state index contributed by atoms with van der Waals surface area (Å²) in [5, 5.41) is 12.9. The maximum atomic E-state index is 6.00. The normalized spacial score (nSPS) is 8.00. The molecule has 0 unspecified atom stereocenters. The van der Waals surface area contributed by atoms with Gasteiger partial charge in [0.05, 0.1) is 0 Å². The second-order valence-electron chi connectivity index (χ2n) is 1.28. The smallest absolute Gasteiger partial charge is 0.130 e. The van der Waals surface area contributed by atoms with Crippen LogP contribution in [-0.2, 0) is 0 Å². The Hall–Kier alpha value is -0.350. The Morgan fingerprint density at radius 3 is 1.70 bits per heavy atom. The summed E-state index contributed by atoms with van der Waals surface area (Å²) in [7, 11) is 0. The zero-order valence-corrected chi connectivity index (χ0v) is 6.34. The lowest BCUT2D eigenvalue weighted by Gasteiger charge is -1.85. The molecule has 0 fully saturated rings. The highest BCUT2D eigenvalue weighted by molar-refractivity contribution is 6.32. The van der Waals surface area contributed by atoms with Gasteiger partial charge in [-0.05, 0) is 12.1 Å². The second kappa shape index (κ2) is 5.44. The lowest BCUT2D eigenvalue weighted by molar-refractivity contribution is -0.176. The molecule has 5 heteroatoms. The van der Waals surface area contributed by atoms with Crippen LogP contribution in [-0.4, -0.2) is 15.5 Å². The molecule has 56 valence electrons. The molecule has 0 aliphatic carbocycles. The van der Waals surface area contributed by atoms with Gasteiger partial charge < -0.3 is 0 Å². The molecule has 1 rings (SSSR count). The zero-order valence-electron chi connectivity index (χ0n) is 4.83. The fraction of sp³-hybridized carbons (Fsp3) is 0. The molecular formula is C5H5Cl2NO2. The molecule has 1 aromatic heterocycles. The largest absolute Gasteiger partial charge is 0.255 e. The van der Waals surface area contributed by atoms with E-state index in [0.29, 0.717) is 10.3 Å². The van der Waals surface area contributed by atoms with E-state index in [4.69, 9.17) is 33.7 Å². The van der Waals surface area contributed by atoms with Gasteiger partial charge in [0.25, 0.3) is 0 Å². The van der Waals surface area contributed by atoms with Crippen molar-refractivity contribution in [1.82, 2.24) is 4.98 Å². The Labute approximate surface area is 67.8 Å². The maximum Gasteiger partial charge on any atom is 0.130 e. The molecule has 0 saturated heterocycles. The van der Waals surface area contributed by atoms with Crippen LogP contribution in [0.5, 0.6) is 0 Å². The van der Waals surface area contributed by atoms with E-state index >= 15 is 0 Å². The third kappa shape index (κ3) is 3.63. The zero-order chi connectivity index (χ0) is 7.98. The first-order chi connectivity index (χ1) is 4.79. The predicted octanol–water partition coefficient (Wildman–Crippen LogP) is 2.41. The molecule has 0 amide bonds. The van der Waals surface area contributed by atoms with Gasteiger partial charge in [-0.3, -0.25) is 10.5 Å². The van der Waals surface area contributed by atoms with Crippen LogP contribution >= 0.6 is 23.2 Å². The van der Waals surface area contributed by atoms with Crippen molar-refractivity contribution in [2.45, 2.75) is 0 Å². The summed E-state index contributed by atoms with van der Waals surface area (Å²) in [6.45, 7) is 0. The van der Waals surface area contributed by atoms with Gasteiger partial charge >= 0.3 is 0 Å². The molecule has 0 aliphatic rings. The first-order valence-corrected chi connectivity index (χ1v) is 3.03. The molecule has 10 heavy (non-hydrogen) atoms. The monoisotopic (exact) mass is 181 g/mol. The summed E-state index contributed by atoms with van der Waals surface area (Å²) >= 11 is 10.9. The average Bonchev–Trinajstić information content (AvgIpc) is 1.91. The summed E-state index contributed by atoms with van der Waals surface area (Å²) in [4.78, 5) is 3.70. The van der Waals surface area contributed by atoms with Gasteiger partial charge in [-0.2, -0.15) is 0 Å². The lowest BCUT2D eigenvalue weighted by Crippen LogP contribution is -1.71. The van der Waals surface area contributed by atoms with Gasteiger partial charge in [0, 0.05) is 0 Å². The number of hydrogen-bond acceptors (Lipinski definition) is 3. The van der Waals surface area contributed by atoms with E-state index < -0.39 is 0 Å². The van der Waals surface area contributed by atoms with E-state index in [0.717, 1.165) is 0 Å².